The molecule has 0 radical (unpaired) electrons. The molecule has 112 valence electrons. The van der Waals surface area contributed by atoms with Crippen molar-refractivity contribution in [3.63, 3.8) is 0 Å². The summed E-state index contributed by atoms with van der Waals surface area (Å²) in [6.07, 6.45) is 3.65. The van der Waals surface area contributed by atoms with Gasteiger partial charge in [0.25, 0.3) is 0 Å². The topological polar surface area (TPSA) is 18.5 Å². The molecule has 2 aromatic rings. The third kappa shape index (κ3) is 4.98. The highest BCUT2D eigenvalue weighted by Gasteiger charge is 1.99. The Morgan fingerprint density at radius 1 is 0.818 bits per heavy atom. The molecule has 2 aromatic carbocycles. The third-order valence-electron chi connectivity index (χ3n) is 2.88. The minimum atomic E-state index is 0.565. The van der Waals surface area contributed by atoms with Crippen LogP contribution in [0.1, 0.15) is 12.5 Å². The van der Waals surface area contributed by atoms with Gasteiger partial charge in [-0.15, -0.1) is 0 Å². The molecule has 0 fully saturated rings. The van der Waals surface area contributed by atoms with Gasteiger partial charge in [0.05, 0.1) is 0 Å². The van der Waals surface area contributed by atoms with Crippen LogP contribution >= 0.6 is 0 Å². The maximum atomic E-state index is 5.77. The summed E-state index contributed by atoms with van der Waals surface area (Å²) in [5, 5.41) is 0. The lowest BCUT2D eigenvalue weighted by atomic mass is 10.2. The molecule has 0 saturated carbocycles. The summed E-state index contributed by atoms with van der Waals surface area (Å²) in [5.74, 6) is 2.86. The molecule has 0 spiro atoms. The van der Waals surface area contributed by atoms with Crippen molar-refractivity contribution in [3.8, 4) is 17.2 Å². The molecule has 0 aliphatic heterocycles. The standard InChI is InChI=1S/C20H20O2/c1-15(2)5-8-17(4)21-18-11-13-20(14-12-18)22-19-9-6-16(3)7-10-19/h5-14H,1,4H2,2-3H3/b8-5-. The number of benzene rings is 2. The number of hydrogen-bond donors (Lipinski definition) is 0. The first-order valence-electron chi connectivity index (χ1n) is 7.08. The lowest BCUT2D eigenvalue weighted by Gasteiger charge is -2.08. The van der Waals surface area contributed by atoms with Gasteiger partial charge in [-0.05, 0) is 56.3 Å². The van der Waals surface area contributed by atoms with Crippen LogP contribution in [0.25, 0.3) is 0 Å². The van der Waals surface area contributed by atoms with Crippen molar-refractivity contribution in [1.82, 2.24) is 0 Å². The summed E-state index contributed by atoms with van der Waals surface area (Å²) in [4.78, 5) is 0. The molecule has 0 aromatic heterocycles. The molecule has 0 bridgehead atoms. The molecule has 2 nitrogen and oxygen atoms in total. The Morgan fingerprint density at radius 3 is 1.86 bits per heavy atom. The zero-order valence-electron chi connectivity index (χ0n) is 13.0. The predicted molar refractivity (Wildman–Crippen MR) is 91.4 cm³/mol. The Balaban J connectivity index is 1.96. The van der Waals surface area contributed by atoms with Gasteiger partial charge in [-0.2, -0.15) is 0 Å². The van der Waals surface area contributed by atoms with Crippen molar-refractivity contribution in [2.75, 3.05) is 0 Å². The van der Waals surface area contributed by atoms with E-state index in [2.05, 4.69) is 13.2 Å². The molecule has 0 heterocycles. The first kappa shape index (κ1) is 15.6. The average Bonchev–Trinajstić information content (AvgIpc) is 2.49. The molecule has 22 heavy (non-hydrogen) atoms. The predicted octanol–water partition coefficient (Wildman–Crippen LogP) is 5.81. The van der Waals surface area contributed by atoms with Crippen molar-refractivity contribution in [2.45, 2.75) is 13.8 Å². The second-order valence-electron chi connectivity index (χ2n) is 5.13. The Bertz CT molecular complexity index is 677. The van der Waals surface area contributed by atoms with E-state index in [9.17, 15) is 0 Å². The zero-order valence-corrected chi connectivity index (χ0v) is 13.0. The van der Waals surface area contributed by atoms with Gasteiger partial charge in [-0.1, -0.05) is 42.5 Å². The van der Waals surface area contributed by atoms with Gasteiger partial charge >= 0.3 is 0 Å². The molecule has 0 saturated heterocycles. The number of hydrogen-bond acceptors (Lipinski definition) is 2. The van der Waals surface area contributed by atoms with Crippen LogP contribution in [0.5, 0.6) is 17.2 Å². The fourth-order valence-corrected chi connectivity index (χ4v) is 1.74. The van der Waals surface area contributed by atoms with Gasteiger partial charge in [0.1, 0.15) is 23.0 Å². The van der Waals surface area contributed by atoms with E-state index >= 15 is 0 Å². The van der Waals surface area contributed by atoms with Crippen LogP contribution in [0, 0.1) is 6.92 Å². The monoisotopic (exact) mass is 292 g/mol. The van der Waals surface area contributed by atoms with Gasteiger partial charge in [0.15, 0.2) is 0 Å². The summed E-state index contributed by atoms with van der Waals surface area (Å²) in [6.45, 7) is 11.6. The number of rotatable bonds is 6. The smallest absolute Gasteiger partial charge is 0.127 e. The van der Waals surface area contributed by atoms with Crippen LogP contribution in [-0.2, 0) is 0 Å². The molecule has 0 unspecified atom stereocenters. The van der Waals surface area contributed by atoms with Crippen LogP contribution in [-0.4, -0.2) is 0 Å². The molecular weight excluding hydrogens is 272 g/mol. The molecule has 0 aliphatic carbocycles. The van der Waals surface area contributed by atoms with Crippen molar-refractivity contribution in [1.29, 1.82) is 0 Å². The van der Waals surface area contributed by atoms with Crippen LogP contribution in [0.4, 0.5) is 0 Å². The van der Waals surface area contributed by atoms with Crippen LogP contribution < -0.4 is 9.47 Å². The zero-order chi connectivity index (χ0) is 15.9. The van der Waals surface area contributed by atoms with E-state index in [-0.39, 0.29) is 0 Å². The Hall–Kier alpha value is -2.74. The average molecular weight is 292 g/mol. The van der Waals surface area contributed by atoms with Crippen molar-refractivity contribution in [2.24, 2.45) is 0 Å². The highest BCUT2D eigenvalue weighted by Crippen LogP contribution is 2.24. The summed E-state index contributed by atoms with van der Waals surface area (Å²) in [7, 11) is 0. The quantitative estimate of drug-likeness (QED) is 0.494. The largest absolute Gasteiger partial charge is 0.458 e. The fraction of sp³-hybridized carbons (Fsp3) is 0.100. The Kier molecular flexibility index (Phi) is 5.21. The molecule has 2 rings (SSSR count). The lowest BCUT2D eigenvalue weighted by molar-refractivity contribution is 0.443. The first-order chi connectivity index (χ1) is 10.5. The summed E-state index contributed by atoms with van der Waals surface area (Å²) < 4.78 is 11.4. The summed E-state index contributed by atoms with van der Waals surface area (Å²) >= 11 is 0. The lowest BCUT2D eigenvalue weighted by Crippen LogP contribution is -1.90. The number of allylic oxidation sites excluding steroid dienone is 3. The summed E-state index contributed by atoms with van der Waals surface area (Å²) in [5.41, 5.74) is 2.16. The van der Waals surface area contributed by atoms with Crippen molar-refractivity contribution in [3.05, 3.63) is 90.7 Å². The Morgan fingerprint density at radius 2 is 1.32 bits per heavy atom. The van der Waals surface area contributed by atoms with E-state index < -0.39 is 0 Å². The van der Waals surface area contributed by atoms with Gasteiger partial charge in [-0.3, -0.25) is 0 Å². The highest BCUT2D eigenvalue weighted by atomic mass is 16.5. The van der Waals surface area contributed by atoms with E-state index in [1.54, 1.807) is 6.08 Å². The van der Waals surface area contributed by atoms with E-state index in [1.807, 2.05) is 68.5 Å². The second-order valence-corrected chi connectivity index (χ2v) is 5.13. The van der Waals surface area contributed by atoms with E-state index in [0.29, 0.717) is 11.5 Å². The van der Waals surface area contributed by atoms with Crippen LogP contribution in [0.2, 0.25) is 0 Å². The fourth-order valence-electron chi connectivity index (χ4n) is 1.74. The summed E-state index contributed by atoms with van der Waals surface area (Å²) in [6, 6.07) is 15.4. The molecule has 0 atom stereocenters. The van der Waals surface area contributed by atoms with E-state index in [1.165, 1.54) is 5.56 Å². The second kappa shape index (κ2) is 7.32. The molecule has 0 N–H and O–H groups in total. The molecular formula is C20H20O2. The van der Waals surface area contributed by atoms with E-state index in [4.69, 9.17) is 9.47 Å². The minimum absolute atomic E-state index is 0.565. The van der Waals surface area contributed by atoms with Gasteiger partial charge in [0, 0.05) is 0 Å². The van der Waals surface area contributed by atoms with Crippen LogP contribution in [0.15, 0.2) is 85.2 Å². The maximum absolute atomic E-state index is 5.77. The van der Waals surface area contributed by atoms with Crippen molar-refractivity contribution >= 4 is 0 Å². The SMILES string of the molecule is C=C(C)/C=C\C(=C)Oc1ccc(Oc2ccc(C)cc2)cc1. The molecule has 0 amide bonds. The third-order valence-corrected chi connectivity index (χ3v) is 2.88. The van der Waals surface area contributed by atoms with Crippen LogP contribution in [0.3, 0.4) is 0 Å². The first-order valence-corrected chi connectivity index (χ1v) is 7.08. The maximum Gasteiger partial charge on any atom is 0.127 e. The normalized spacial score (nSPS) is 10.5. The number of ether oxygens (including phenoxy) is 2. The molecule has 2 heteroatoms. The highest BCUT2D eigenvalue weighted by molar-refractivity contribution is 5.37. The Labute approximate surface area is 132 Å². The van der Waals surface area contributed by atoms with Gasteiger partial charge < -0.3 is 9.47 Å². The molecule has 0 aliphatic rings. The number of aryl methyl sites for hydroxylation is 1. The minimum Gasteiger partial charge on any atom is -0.458 e. The van der Waals surface area contributed by atoms with E-state index in [0.717, 1.165) is 17.1 Å². The van der Waals surface area contributed by atoms with Crippen molar-refractivity contribution < 1.29 is 9.47 Å². The van der Waals surface area contributed by atoms with Gasteiger partial charge in [0.2, 0.25) is 0 Å². The van der Waals surface area contributed by atoms with Gasteiger partial charge in [-0.25, -0.2) is 0 Å².